The molecule has 1 aromatic heterocycles. The topological polar surface area (TPSA) is 81.5 Å². The number of anilines is 1. The summed E-state index contributed by atoms with van der Waals surface area (Å²) < 4.78 is 12.8. The molecule has 8 nitrogen and oxygen atoms in total. The Hall–Kier alpha value is -3.04. The van der Waals surface area contributed by atoms with Crippen molar-refractivity contribution in [3.63, 3.8) is 0 Å². The van der Waals surface area contributed by atoms with Crippen LogP contribution in [0, 0.1) is 0 Å². The van der Waals surface area contributed by atoms with E-state index < -0.39 is 0 Å². The van der Waals surface area contributed by atoms with Crippen molar-refractivity contribution in [3.8, 4) is 5.75 Å². The Bertz CT molecular complexity index is 1020. The summed E-state index contributed by atoms with van der Waals surface area (Å²) in [5, 5.41) is 12.6. The number of aromatic nitrogens is 3. The number of benzene rings is 2. The molecule has 0 aliphatic carbocycles. The molecule has 1 aliphatic heterocycles. The van der Waals surface area contributed by atoms with Gasteiger partial charge in [-0.25, -0.2) is 0 Å². The number of amides is 1. The molecule has 2 heterocycles. The first-order chi connectivity index (χ1) is 16.2. The molecule has 0 radical (unpaired) electrons. The molecule has 3 aromatic rings. The van der Waals surface area contributed by atoms with Gasteiger partial charge in [0, 0.05) is 19.6 Å². The first-order valence-electron chi connectivity index (χ1n) is 11.0. The van der Waals surface area contributed by atoms with Crippen LogP contribution in [-0.4, -0.2) is 66.4 Å². The zero-order chi connectivity index (χ0) is 22.9. The largest absolute Gasteiger partial charge is 0.497 e. The van der Waals surface area contributed by atoms with Gasteiger partial charge in [-0.15, -0.1) is 10.2 Å². The van der Waals surface area contributed by atoms with Crippen LogP contribution in [0.25, 0.3) is 0 Å². The number of hydrogen-bond donors (Lipinski definition) is 1. The highest BCUT2D eigenvalue weighted by Crippen LogP contribution is 2.24. The fourth-order valence-corrected chi connectivity index (χ4v) is 4.37. The van der Waals surface area contributed by atoms with Gasteiger partial charge in [0.1, 0.15) is 5.75 Å². The summed E-state index contributed by atoms with van der Waals surface area (Å²) in [7, 11) is 1.65. The monoisotopic (exact) mass is 467 g/mol. The van der Waals surface area contributed by atoms with Crippen molar-refractivity contribution in [1.82, 2.24) is 20.1 Å². The summed E-state index contributed by atoms with van der Waals surface area (Å²) in [5.74, 6) is 1.93. The molecule has 1 amide bonds. The maximum atomic E-state index is 12.4. The van der Waals surface area contributed by atoms with Crippen LogP contribution in [0.2, 0.25) is 0 Å². The molecule has 1 saturated heterocycles. The smallest absolute Gasteiger partial charge is 0.230 e. The van der Waals surface area contributed by atoms with Gasteiger partial charge in [-0.05, 0) is 29.7 Å². The molecule has 0 spiro atoms. The Morgan fingerprint density at radius 3 is 2.55 bits per heavy atom. The van der Waals surface area contributed by atoms with Gasteiger partial charge in [0.15, 0.2) is 5.16 Å². The minimum absolute atomic E-state index is 0.0179. The summed E-state index contributed by atoms with van der Waals surface area (Å²) in [6, 6.07) is 18.1. The van der Waals surface area contributed by atoms with E-state index in [4.69, 9.17) is 9.47 Å². The Morgan fingerprint density at radius 1 is 1.06 bits per heavy atom. The van der Waals surface area contributed by atoms with Crippen LogP contribution in [0.5, 0.6) is 5.75 Å². The van der Waals surface area contributed by atoms with Crippen LogP contribution in [0.1, 0.15) is 11.1 Å². The molecule has 4 rings (SSSR count). The molecular weight excluding hydrogens is 438 g/mol. The summed E-state index contributed by atoms with van der Waals surface area (Å²) in [5.41, 5.74) is 2.32. The molecule has 2 aromatic carbocycles. The summed E-state index contributed by atoms with van der Waals surface area (Å²) in [6.07, 6.45) is 0.770. The van der Waals surface area contributed by atoms with Crippen LogP contribution in [0.15, 0.2) is 59.8 Å². The van der Waals surface area contributed by atoms with E-state index in [1.54, 1.807) is 7.11 Å². The maximum Gasteiger partial charge on any atom is 0.230 e. The number of hydrogen-bond acceptors (Lipinski definition) is 7. The normalized spacial score (nSPS) is 13.7. The fourth-order valence-electron chi connectivity index (χ4n) is 3.61. The SMILES string of the molecule is COc1ccc(CCNC(=O)CSc2nnc(N3CCOCC3)n2Cc2ccccc2)cc1. The van der Waals surface area contributed by atoms with Crippen LogP contribution in [-0.2, 0) is 22.5 Å². The quantitative estimate of drug-likeness (QED) is 0.459. The van der Waals surface area contributed by atoms with Gasteiger partial charge in [0.2, 0.25) is 11.9 Å². The lowest BCUT2D eigenvalue weighted by Gasteiger charge is -2.28. The van der Waals surface area contributed by atoms with Gasteiger partial charge in [0.25, 0.3) is 0 Å². The van der Waals surface area contributed by atoms with Crippen molar-refractivity contribution in [3.05, 3.63) is 65.7 Å². The second-order valence-corrected chi connectivity index (χ2v) is 8.63. The number of nitrogens with one attached hydrogen (secondary N) is 1. The third-order valence-electron chi connectivity index (χ3n) is 5.40. The van der Waals surface area contributed by atoms with Crippen molar-refractivity contribution >= 4 is 23.6 Å². The fraction of sp³-hybridized carbons (Fsp3) is 0.375. The highest BCUT2D eigenvalue weighted by Gasteiger charge is 2.21. The third kappa shape index (κ3) is 6.49. The lowest BCUT2D eigenvalue weighted by molar-refractivity contribution is -0.118. The Kier molecular flexibility index (Phi) is 8.21. The molecule has 0 atom stereocenters. The van der Waals surface area contributed by atoms with Crippen LogP contribution in [0.3, 0.4) is 0 Å². The van der Waals surface area contributed by atoms with Crippen molar-refractivity contribution < 1.29 is 14.3 Å². The minimum atomic E-state index is -0.0179. The van der Waals surface area contributed by atoms with Crippen LogP contribution < -0.4 is 15.0 Å². The predicted octanol–water partition coefficient (Wildman–Crippen LogP) is 2.62. The molecule has 0 saturated carbocycles. The second-order valence-electron chi connectivity index (χ2n) is 7.69. The molecule has 1 fully saturated rings. The molecule has 0 unspecified atom stereocenters. The van der Waals surface area contributed by atoms with E-state index in [1.165, 1.54) is 11.8 Å². The van der Waals surface area contributed by atoms with Crippen molar-refractivity contribution in [2.75, 3.05) is 50.6 Å². The zero-order valence-electron chi connectivity index (χ0n) is 18.8. The lowest BCUT2D eigenvalue weighted by atomic mass is 10.1. The van der Waals surface area contributed by atoms with Gasteiger partial charge in [0.05, 0.1) is 32.6 Å². The Morgan fingerprint density at radius 2 is 1.82 bits per heavy atom. The first kappa shape index (κ1) is 23.1. The number of morpholine rings is 1. The molecule has 174 valence electrons. The Balaban J connectivity index is 1.35. The molecule has 1 N–H and O–H groups in total. The molecule has 0 bridgehead atoms. The number of nitrogens with zero attached hydrogens (tertiary/aromatic N) is 4. The van der Waals surface area contributed by atoms with Gasteiger partial charge >= 0.3 is 0 Å². The van der Waals surface area contributed by atoms with E-state index in [-0.39, 0.29) is 5.91 Å². The zero-order valence-corrected chi connectivity index (χ0v) is 19.6. The van der Waals surface area contributed by atoms with Crippen LogP contribution in [0.4, 0.5) is 5.95 Å². The number of rotatable bonds is 10. The van der Waals surface area contributed by atoms with E-state index >= 15 is 0 Å². The maximum absolute atomic E-state index is 12.4. The van der Waals surface area contributed by atoms with Gasteiger partial charge in [-0.2, -0.15) is 0 Å². The van der Waals surface area contributed by atoms with Gasteiger partial charge in [-0.3, -0.25) is 9.36 Å². The summed E-state index contributed by atoms with van der Waals surface area (Å²) >= 11 is 1.41. The van der Waals surface area contributed by atoms with E-state index in [1.807, 2.05) is 42.5 Å². The first-order valence-corrected chi connectivity index (χ1v) is 12.0. The van der Waals surface area contributed by atoms with Crippen molar-refractivity contribution in [2.45, 2.75) is 18.1 Å². The number of ether oxygens (including phenoxy) is 2. The highest BCUT2D eigenvalue weighted by atomic mass is 32.2. The minimum Gasteiger partial charge on any atom is -0.497 e. The highest BCUT2D eigenvalue weighted by molar-refractivity contribution is 7.99. The second kappa shape index (κ2) is 11.7. The van der Waals surface area contributed by atoms with Gasteiger partial charge < -0.3 is 19.7 Å². The predicted molar refractivity (Wildman–Crippen MR) is 129 cm³/mol. The number of carbonyl (C=O) groups is 1. The third-order valence-corrected chi connectivity index (χ3v) is 6.37. The lowest BCUT2D eigenvalue weighted by Crippen LogP contribution is -2.38. The van der Waals surface area contributed by atoms with E-state index in [0.29, 0.717) is 32.1 Å². The average molecular weight is 468 g/mol. The van der Waals surface area contributed by atoms with Gasteiger partial charge in [-0.1, -0.05) is 54.2 Å². The average Bonchev–Trinajstić information content (AvgIpc) is 3.26. The van der Waals surface area contributed by atoms with Crippen molar-refractivity contribution in [2.24, 2.45) is 0 Å². The molecular formula is C24H29N5O3S. The summed E-state index contributed by atoms with van der Waals surface area (Å²) in [6.45, 7) is 4.16. The molecule has 1 aliphatic rings. The standard InChI is InChI=1S/C24H29N5O3S/c1-31-21-9-7-19(8-10-21)11-12-25-22(30)18-33-24-27-26-23(28-13-15-32-16-14-28)29(24)17-20-5-3-2-4-6-20/h2-10H,11-18H2,1H3,(H,25,30). The Labute approximate surface area is 198 Å². The number of carbonyl (C=O) groups excluding carboxylic acids is 1. The van der Waals surface area contributed by atoms with Crippen LogP contribution >= 0.6 is 11.8 Å². The van der Waals surface area contributed by atoms with E-state index in [0.717, 1.165) is 47.5 Å². The van der Waals surface area contributed by atoms with Crippen molar-refractivity contribution in [1.29, 1.82) is 0 Å². The van der Waals surface area contributed by atoms with E-state index in [2.05, 4.69) is 37.1 Å². The molecule has 33 heavy (non-hydrogen) atoms. The number of thioether (sulfide) groups is 1. The molecule has 9 heteroatoms. The number of methoxy groups -OCH3 is 1. The van der Waals surface area contributed by atoms with E-state index in [9.17, 15) is 4.79 Å². The summed E-state index contributed by atoms with van der Waals surface area (Å²) in [4.78, 5) is 14.6.